The zero-order valence-electron chi connectivity index (χ0n) is 43.9. The smallest absolute Gasteiger partial charge is 0.305 e. The zero-order chi connectivity index (χ0) is 47.9. The lowest BCUT2D eigenvalue weighted by molar-refractivity contribution is -0.143. The Morgan fingerprint density at radius 2 is 0.773 bits per heavy atom. The number of allylic oxidation sites excluding steroid dienone is 7. The largest absolute Gasteiger partial charge is 0.466 e. The van der Waals surface area contributed by atoms with E-state index in [1.165, 1.54) is 193 Å². The van der Waals surface area contributed by atoms with E-state index in [1.54, 1.807) is 6.08 Å². The molecule has 0 aromatic heterocycles. The molecule has 3 N–H and O–H groups in total. The van der Waals surface area contributed by atoms with Crippen LogP contribution in [0.25, 0.3) is 0 Å². The number of amides is 1. The van der Waals surface area contributed by atoms with Gasteiger partial charge in [0.25, 0.3) is 0 Å². The van der Waals surface area contributed by atoms with Crippen molar-refractivity contribution in [2.24, 2.45) is 0 Å². The highest BCUT2D eigenvalue weighted by molar-refractivity contribution is 5.76. The van der Waals surface area contributed by atoms with Crippen LogP contribution in [0.5, 0.6) is 0 Å². The molecule has 0 aliphatic rings. The highest BCUT2D eigenvalue weighted by atomic mass is 16.5. The van der Waals surface area contributed by atoms with Gasteiger partial charge in [-0.15, -0.1) is 0 Å². The lowest BCUT2D eigenvalue weighted by Gasteiger charge is -2.20. The van der Waals surface area contributed by atoms with Gasteiger partial charge in [0, 0.05) is 12.8 Å². The Labute approximate surface area is 410 Å². The summed E-state index contributed by atoms with van der Waals surface area (Å²) in [5, 5.41) is 23.2. The van der Waals surface area contributed by atoms with Crippen molar-refractivity contribution in [3.63, 3.8) is 0 Å². The molecule has 0 fully saturated rings. The molecule has 0 aliphatic carbocycles. The topological polar surface area (TPSA) is 95.9 Å². The van der Waals surface area contributed by atoms with Gasteiger partial charge >= 0.3 is 5.97 Å². The predicted octanol–water partition coefficient (Wildman–Crippen LogP) is 17.8. The van der Waals surface area contributed by atoms with Crippen LogP contribution in [-0.2, 0) is 14.3 Å². The molecule has 0 aliphatic heterocycles. The van der Waals surface area contributed by atoms with Crippen LogP contribution in [-0.4, -0.2) is 47.4 Å². The van der Waals surface area contributed by atoms with Gasteiger partial charge in [-0.3, -0.25) is 9.59 Å². The van der Waals surface area contributed by atoms with Crippen LogP contribution in [0.15, 0.2) is 48.6 Å². The van der Waals surface area contributed by atoms with E-state index < -0.39 is 12.1 Å². The Kier molecular flexibility index (Phi) is 53.6. The summed E-state index contributed by atoms with van der Waals surface area (Å²) in [6.07, 6.45) is 69.9. The van der Waals surface area contributed by atoms with E-state index >= 15 is 0 Å². The minimum absolute atomic E-state index is 0.0342. The van der Waals surface area contributed by atoms with E-state index in [9.17, 15) is 19.8 Å². The maximum atomic E-state index is 12.5. The van der Waals surface area contributed by atoms with E-state index in [2.05, 4.69) is 55.6 Å². The molecular formula is C60H111NO5. The summed E-state index contributed by atoms with van der Waals surface area (Å²) in [4.78, 5) is 24.4. The third-order valence-electron chi connectivity index (χ3n) is 13.1. The number of carbonyl (C=O) groups excluding carboxylic acids is 2. The predicted molar refractivity (Wildman–Crippen MR) is 287 cm³/mol. The fraction of sp³-hybridized carbons (Fsp3) is 0.833. The van der Waals surface area contributed by atoms with E-state index in [-0.39, 0.29) is 18.5 Å². The molecule has 6 heteroatoms. The molecule has 2 unspecified atom stereocenters. The molecule has 0 bridgehead atoms. The van der Waals surface area contributed by atoms with Crippen LogP contribution in [0, 0.1) is 0 Å². The summed E-state index contributed by atoms with van der Waals surface area (Å²) < 4.78 is 5.42. The molecule has 0 aromatic rings. The number of carbonyl (C=O) groups is 2. The molecule has 2 atom stereocenters. The van der Waals surface area contributed by atoms with E-state index in [0.29, 0.717) is 19.4 Å². The summed E-state index contributed by atoms with van der Waals surface area (Å²) in [5.41, 5.74) is 0. The SMILES string of the molecule is CCCC/C=C\CCCCCCCC(=O)OCCCCC/C=C\C=C/CCCCCCCCC(=O)NC(CO)C(O)/C=C/CCCCCCCCCCCCCCCCCCCCCCC. The fourth-order valence-electron chi connectivity index (χ4n) is 8.61. The Hall–Kier alpha value is -2.18. The number of rotatable bonds is 53. The van der Waals surface area contributed by atoms with Crippen molar-refractivity contribution in [2.75, 3.05) is 13.2 Å². The number of hydrogen-bond donors (Lipinski definition) is 3. The monoisotopic (exact) mass is 926 g/mol. The summed E-state index contributed by atoms with van der Waals surface area (Å²) in [6.45, 7) is 4.81. The third-order valence-corrected chi connectivity index (χ3v) is 13.1. The van der Waals surface area contributed by atoms with Gasteiger partial charge < -0.3 is 20.3 Å². The summed E-state index contributed by atoms with van der Waals surface area (Å²) in [5.74, 6) is -0.124. The van der Waals surface area contributed by atoms with Gasteiger partial charge in [0.2, 0.25) is 5.91 Å². The molecule has 0 spiro atoms. The first-order valence-electron chi connectivity index (χ1n) is 28.9. The quantitative estimate of drug-likeness (QED) is 0.0244. The number of aliphatic hydroxyl groups is 2. The average molecular weight is 927 g/mol. The second kappa shape index (κ2) is 55.4. The number of aliphatic hydroxyl groups excluding tert-OH is 2. The van der Waals surface area contributed by atoms with E-state index in [0.717, 1.165) is 77.0 Å². The van der Waals surface area contributed by atoms with Crippen molar-refractivity contribution in [3.8, 4) is 0 Å². The standard InChI is InChI=1S/C60H111NO5/c1-3-5-7-9-11-13-15-16-17-18-19-20-21-22-23-24-26-29-33-36-40-44-48-52-58(63)57(56-62)61-59(64)53-49-45-41-37-34-30-27-25-28-31-35-39-43-47-51-55-66-60(65)54-50-46-42-38-32-14-12-10-8-6-4-2/h10,12,25,28,31,35,48,52,57-58,62-63H,3-9,11,13-24,26-27,29-30,32-34,36-47,49-51,53-56H2,1-2H3,(H,61,64)/b12-10-,28-25-,35-31-,52-48+. The highest BCUT2D eigenvalue weighted by Crippen LogP contribution is 2.16. The van der Waals surface area contributed by atoms with Crippen LogP contribution in [0.2, 0.25) is 0 Å². The summed E-state index contributed by atoms with van der Waals surface area (Å²) in [6, 6.07) is -0.646. The maximum absolute atomic E-state index is 12.5. The molecule has 0 aromatic carbocycles. The first-order valence-corrected chi connectivity index (χ1v) is 28.9. The fourth-order valence-corrected chi connectivity index (χ4v) is 8.61. The Morgan fingerprint density at radius 3 is 1.21 bits per heavy atom. The summed E-state index contributed by atoms with van der Waals surface area (Å²) >= 11 is 0. The van der Waals surface area contributed by atoms with Crippen LogP contribution in [0.1, 0.15) is 296 Å². The number of unbranched alkanes of at least 4 members (excludes halogenated alkanes) is 37. The van der Waals surface area contributed by atoms with E-state index in [1.807, 2.05) is 6.08 Å². The minimum Gasteiger partial charge on any atom is -0.466 e. The zero-order valence-corrected chi connectivity index (χ0v) is 43.9. The van der Waals surface area contributed by atoms with Crippen molar-refractivity contribution in [1.29, 1.82) is 0 Å². The van der Waals surface area contributed by atoms with Crippen molar-refractivity contribution in [3.05, 3.63) is 48.6 Å². The van der Waals surface area contributed by atoms with Crippen LogP contribution in [0.3, 0.4) is 0 Å². The highest BCUT2D eigenvalue weighted by Gasteiger charge is 2.18. The van der Waals surface area contributed by atoms with Crippen LogP contribution >= 0.6 is 0 Å². The molecule has 0 heterocycles. The lowest BCUT2D eigenvalue weighted by Crippen LogP contribution is -2.45. The summed E-state index contributed by atoms with van der Waals surface area (Å²) in [7, 11) is 0. The maximum Gasteiger partial charge on any atom is 0.305 e. The van der Waals surface area contributed by atoms with Gasteiger partial charge in [-0.2, -0.15) is 0 Å². The van der Waals surface area contributed by atoms with Gasteiger partial charge in [-0.05, 0) is 83.5 Å². The van der Waals surface area contributed by atoms with Gasteiger partial charge in [0.15, 0.2) is 0 Å². The lowest BCUT2D eigenvalue weighted by atomic mass is 10.0. The number of hydrogen-bond acceptors (Lipinski definition) is 5. The Bertz CT molecular complexity index is 1110. The Morgan fingerprint density at radius 1 is 0.424 bits per heavy atom. The first-order chi connectivity index (χ1) is 32.5. The average Bonchev–Trinajstić information content (AvgIpc) is 3.32. The molecule has 0 radical (unpaired) electrons. The normalized spacial score (nSPS) is 13.0. The minimum atomic E-state index is -0.861. The molecule has 386 valence electrons. The van der Waals surface area contributed by atoms with Gasteiger partial charge in [0.1, 0.15) is 0 Å². The number of ether oxygens (including phenoxy) is 1. The van der Waals surface area contributed by atoms with Crippen LogP contribution in [0.4, 0.5) is 0 Å². The van der Waals surface area contributed by atoms with Crippen molar-refractivity contribution >= 4 is 11.9 Å². The molecule has 1 amide bonds. The molecular weight excluding hydrogens is 815 g/mol. The Balaban J connectivity index is 3.56. The third kappa shape index (κ3) is 51.2. The van der Waals surface area contributed by atoms with Gasteiger partial charge in [-0.1, -0.05) is 249 Å². The van der Waals surface area contributed by atoms with E-state index in [4.69, 9.17) is 4.74 Å². The van der Waals surface area contributed by atoms with Gasteiger partial charge in [-0.25, -0.2) is 0 Å². The second-order valence-electron chi connectivity index (χ2n) is 19.6. The van der Waals surface area contributed by atoms with Crippen molar-refractivity contribution < 1.29 is 24.5 Å². The second-order valence-corrected chi connectivity index (χ2v) is 19.6. The molecule has 0 saturated heterocycles. The van der Waals surface area contributed by atoms with Gasteiger partial charge in [0.05, 0.1) is 25.4 Å². The van der Waals surface area contributed by atoms with Crippen molar-refractivity contribution in [2.45, 2.75) is 309 Å². The molecule has 6 nitrogen and oxygen atoms in total. The molecule has 66 heavy (non-hydrogen) atoms. The van der Waals surface area contributed by atoms with Crippen LogP contribution < -0.4 is 5.32 Å². The molecule has 0 rings (SSSR count). The first kappa shape index (κ1) is 63.8. The number of esters is 1. The number of nitrogens with one attached hydrogen (secondary N) is 1. The van der Waals surface area contributed by atoms with Crippen molar-refractivity contribution in [1.82, 2.24) is 5.32 Å². The molecule has 0 saturated carbocycles.